The van der Waals surface area contributed by atoms with Gasteiger partial charge in [0.15, 0.2) is 5.65 Å². The Morgan fingerprint density at radius 3 is 2.61 bits per heavy atom. The van der Waals surface area contributed by atoms with Gasteiger partial charge in [-0.3, -0.25) is 4.79 Å². The van der Waals surface area contributed by atoms with Crippen LogP contribution in [0.1, 0.15) is 73.1 Å². The van der Waals surface area contributed by atoms with E-state index >= 15 is 0 Å². The second kappa shape index (κ2) is 7.18. The lowest BCUT2D eigenvalue weighted by atomic mass is 9.84. The van der Waals surface area contributed by atoms with Crippen LogP contribution in [0.25, 0.3) is 16.7 Å². The van der Waals surface area contributed by atoms with Crippen molar-refractivity contribution in [1.82, 2.24) is 20.1 Å². The number of nitrogens with one attached hydrogen (secondary N) is 1. The Balaban J connectivity index is 1.39. The Morgan fingerprint density at radius 1 is 1.13 bits per heavy atom. The van der Waals surface area contributed by atoms with Crippen molar-refractivity contribution < 1.29 is 4.79 Å². The van der Waals surface area contributed by atoms with Crippen LogP contribution in [0.4, 0.5) is 0 Å². The van der Waals surface area contributed by atoms with E-state index in [4.69, 9.17) is 10.1 Å². The summed E-state index contributed by atoms with van der Waals surface area (Å²) in [5.41, 5.74) is 4.39. The number of nitrogens with zero attached hydrogens (tertiary/aromatic N) is 3. The molecule has 1 N–H and O–H groups in total. The molecule has 6 rings (SSSR count). The minimum absolute atomic E-state index is 0.0280. The molecule has 3 fully saturated rings. The van der Waals surface area contributed by atoms with E-state index in [0.717, 1.165) is 58.3 Å². The molecule has 4 atom stereocenters. The third-order valence-corrected chi connectivity index (χ3v) is 7.87. The molecule has 3 aliphatic rings. The average Bonchev–Trinajstić information content (AvgIpc) is 3.28. The van der Waals surface area contributed by atoms with Crippen molar-refractivity contribution in [1.29, 1.82) is 0 Å². The van der Waals surface area contributed by atoms with Gasteiger partial charge in [0.05, 0.1) is 22.3 Å². The third kappa shape index (κ3) is 3.26. The predicted octanol–water partition coefficient (Wildman–Crippen LogP) is 5.16. The van der Waals surface area contributed by atoms with Crippen molar-refractivity contribution in [3.8, 4) is 5.69 Å². The zero-order valence-electron chi connectivity index (χ0n) is 18.3. The molecule has 3 aliphatic carbocycles. The van der Waals surface area contributed by atoms with E-state index in [2.05, 4.69) is 12.2 Å². The van der Waals surface area contributed by atoms with Crippen LogP contribution in [0.15, 0.2) is 36.4 Å². The number of aromatic nitrogens is 3. The number of amides is 1. The third-order valence-electron chi connectivity index (χ3n) is 7.87. The highest BCUT2D eigenvalue weighted by atomic mass is 16.1. The lowest BCUT2D eigenvalue weighted by Gasteiger charge is -2.28. The van der Waals surface area contributed by atoms with Gasteiger partial charge in [-0.25, -0.2) is 9.67 Å². The monoisotopic (exact) mass is 414 g/mol. The Kier molecular flexibility index (Phi) is 4.41. The molecule has 160 valence electrons. The van der Waals surface area contributed by atoms with Crippen LogP contribution in [0.3, 0.4) is 0 Å². The van der Waals surface area contributed by atoms with Crippen molar-refractivity contribution in [2.24, 2.45) is 17.8 Å². The van der Waals surface area contributed by atoms with Crippen LogP contribution in [0, 0.1) is 24.7 Å². The van der Waals surface area contributed by atoms with Gasteiger partial charge in [0.2, 0.25) is 0 Å². The Morgan fingerprint density at radius 2 is 1.94 bits per heavy atom. The number of aryl methyl sites for hydroxylation is 1. The van der Waals surface area contributed by atoms with Gasteiger partial charge in [0.25, 0.3) is 5.91 Å². The first-order valence-electron chi connectivity index (χ1n) is 11.8. The quantitative estimate of drug-likeness (QED) is 0.627. The Hall–Kier alpha value is -2.69. The summed E-state index contributed by atoms with van der Waals surface area (Å²) in [6.07, 6.45) is 7.66. The van der Waals surface area contributed by atoms with E-state index in [1.807, 2.05) is 48.0 Å². The van der Waals surface area contributed by atoms with Crippen molar-refractivity contribution in [3.05, 3.63) is 53.3 Å². The SMILES string of the molecule is Cc1nn(-c2ccccc2)c2nc(C3CC3)cc(C(=O)N[C@@H](C)[C@@H]3C[C@H]4CC[C@H]3C4)c12. The molecular weight excluding hydrogens is 384 g/mol. The van der Waals surface area contributed by atoms with Crippen LogP contribution in [0.5, 0.6) is 0 Å². The van der Waals surface area contributed by atoms with Gasteiger partial charge in [0, 0.05) is 17.7 Å². The smallest absolute Gasteiger partial charge is 0.252 e. The fraction of sp³-hybridized carbons (Fsp3) is 0.500. The molecule has 31 heavy (non-hydrogen) atoms. The summed E-state index contributed by atoms with van der Waals surface area (Å²) in [7, 11) is 0. The number of pyridine rings is 1. The van der Waals surface area contributed by atoms with Gasteiger partial charge in [-0.1, -0.05) is 24.6 Å². The molecule has 0 unspecified atom stereocenters. The molecule has 5 nitrogen and oxygen atoms in total. The summed E-state index contributed by atoms with van der Waals surface area (Å²) in [4.78, 5) is 18.5. The number of carbonyl (C=O) groups excluding carboxylic acids is 1. The summed E-state index contributed by atoms with van der Waals surface area (Å²) >= 11 is 0. The molecule has 2 aromatic heterocycles. The van der Waals surface area contributed by atoms with E-state index in [0.29, 0.717) is 11.8 Å². The highest BCUT2D eigenvalue weighted by Gasteiger charge is 2.42. The van der Waals surface area contributed by atoms with Crippen LogP contribution in [-0.4, -0.2) is 26.7 Å². The minimum Gasteiger partial charge on any atom is -0.349 e. The van der Waals surface area contributed by atoms with Crippen molar-refractivity contribution >= 4 is 16.9 Å². The Bertz CT molecular complexity index is 1150. The molecule has 0 radical (unpaired) electrons. The van der Waals surface area contributed by atoms with Gasteiger partial charge >= 0.3 is 0 Å². The fourth-order valence-corrected chi connectivity index (χ4v) is 6.12. The molecule has 3 aromatic rings. The van der Waals surface area contributed by atoms with Gasteiger partial charge in [0.1, 0.15) is 0 Å². The summed E-state index contributed by atoms with van der Waals surface area (Å²) < 4.78 is 1.90. The molecule has 0 saturated heterocycles. The largest absolute Gasteiger partial charge is 0.349 e. The molecule has 0 aliphatic heterocycles. The number of rotatable bonds is 5. The highest BCUT2D eigenvalue weighted by molar-refractivity contribution is 6.07. The van der Waals surface area contributed by atoms with E-state index in [1.54, 1.807) is 0 Å². The summed E-state index contributed by atoms with van der Waals surface area (Å²) in [5, 5.41) is 9.04. The van der Waals surface area contributed by atoms with E-state index in [9.17, 15) is 4.79 Å². The number of hydrogen-bond acceptors (Lipinski definition) is 3. The summed E-state index contributed by atoms with van der Waals surface area (Å²) in [6, 6.07) is 12.3. The first kappa shape index (κ1) is 19.0. The minimum atomic E-state index is 0.0280. The number of carbonyl (C=O) groups is 1. The number of fused-ring (bicyclic) bond motifs is 3. The summed E-state index contributed by atoms with van der Waals surface area (Å²) in [5.74, 6) is 2.80. The fourth-order valence-electron chi connectivity index (χ4n) is 6.12. The number of benzene rings is 1. The van der Waals surface area contributed by atoms with Crippen molar-refractivity contribution in [2.45, 2.75) is 64.3 Å². The molecule has 0 spiro atoms. The predicted molar refractivity (Wildman–Crippen MR) is 121 cm³/mol. The van der Waals surface area contributed by atoms with Crippen LogP contribution in [0.2, 0.25) is 0 Å². The van der Waals surface area contributed by atoms with E-state index in [-0.39, 0.29) is 11.9 Å². The lowest BCUT2D eigenvalue weighted by Crippen LogP contribution is -2.40. The molecule has 2 bridgehead atoms. The van der Waals surface area contributed by atoms with Crippen molar-refractivity contribution in [2.75, 3.05) is 0 Å². The number of para-hydroxylation sites is 1. The lowest BCUT2D eigenvalue weighted by molar-refractivity contribution is 0.0916. The normalized spacial score (nSPS) is 25.8. The first-order valence-corrected chi connectivity index (χ1v) is 11.8. The molecule has 1 aromatic carbocycles. The van der Waals surface area contributed by atoms with E-state index in [1.165, 1.54) is 25.7 Å². The standard InChI is InChI=1S/C26H30N4O/c1-15(21-13-17-8-9-19(21)12-17)27-26(31)22-14-23(18-10-11-18)28-25-24(22)16(2)29-30(25)20-6-4-3-5-7-20/h3-7,14-15,17-19,21H,8-13H2,1-2H3,(H,27,31)/t15-,17-,19-,21-/m0/s1. The van der Waals surface area contributed by atoms with Gasteiger partial charge in [-0.15, -0.1) is 0 Å². The maximum Gasteiger partial charge on any atom is 0.252 e. The molecule has 5 heteroatoms. The first-order chi connectivity index (χ1) is 15.1. The maximum atomic E-state index is 13.5. The van der Waals surface area contributed by atoms with Crippen LogP contribution < -0.4 is 5.32 Å². The van der Waals surface area contributed by atoms with E-state index < -0.39 is 0 Å². The van der Waals surface area contributed by atoms with Gasteiger partial charge in [-0.05, 0) is 81.9 Å². The zero-order valence-corrected chi connectivity index (χ0v) is 18.3. The van der Waals surface area contributed by atoms with Gasteiger partial charge in [-0.2, -0.15) is 5.10 Å². The molecule has 2 heterocycles. The second-order valence-electron chi connectivity index (χ2n) is 10.0. The molecule has 3 saturated carbocycles. The van der Waals surface area contributed by atoms with Crippen molar-refractivity contribution in [3.63, 3.8) is 0 Å². The second-order valence-corrected chi connectivity index (χ2v) is 10.0. The number of hydrogen-bond donors (Lipinski definition) is 1. The van der Waals surface area contributed by atoms with Crippen LogP contribution >= 0.6 is 0 Å². The average molecular weight is 415 g/mol. The van der Waals surface area contributed by atoms with Gasteiger partial charge < -0.3 is 5.32 Å². The molecular formula is C26H30N4O. The molecule has 1 amide bonds. The Labute approximate surface area is 183 Å². The highest BCUT2D eigenvalue weighted by Crippen LogP contribution is 2.49. The maximum absolute atomic E-state index is 13.5. The zero-order chi connectivity index (χ0) is 21.1. The summed E-state index contributed by atoms with van der Waals surface area (Å²) in [6.45, 7) is 4.18. The topological polar surface area (TPSA) is 59.8 Å². The van der Waals surface area contributed by atoms with Crippen LogP contribution in [-0.2, 0) is 0 Å².